The third-order valence-electron chi connectivity index (χ3n) is 3.35. The third kappa shape index (κ3) is 2.31. The summed E-state index contributed by atoms with van der Waals surface area (Å²) < 4.78 is 0. The second kappa shape index (κ2) is 4.94. The maximum atomic E-state index is 11.6. The van der Waals surface area contributed by atoms with Crippen LogP contribution in [0, 0.1) is 13.8 Å². The van der Waals surface area contributed by atoms with Gasteiger partial charge in [0.05, 0.1) is 5.56 Å². The summed E-state index contributed by atoms with van der Waals surface area (Å²) in [5, 5.41) is 3.33. The molecule has 0 bridgehead atoms. The van der Waals surface area contributed by atoms with Gasteiger partial charge in [-0.25, -0.2) is 4.98 Å². The van der Waals surface area contributed by atoms with Crippen molar-refractivity contribution in [2.24, 2.45) is 5.73 Å². The zero-order valence-electron chi connectivity index (χ0n) is 11.2. The molecule has 0 radical (unpaired) electrons. The molecule has 1 amide bonds. The van der Waals surface area contributed by atoms with Gasteiger partial charge in [-0.15, -0.1) is 0 Å². The molecule has 1 unspecified atom stereocenters. The van der Waals surface area contributed by atoms with Gasteiger partial charge in [0.15, 0.2) is 0 Å². The molecule has 2 heterocycles. The van der Waals surface area contributed by atoms with Crippen molar-refractivity contribution in [3.63, 3.8) is 0 Å². The highest BCUT2D eigenvalue weighted by atomic mass is 16.1. The van der Waals surface area contributed by atoms with Crippen molar-refractivity contribution in [3.05, 3.63) is 22.9 Å². The number of carbonyl (C=O) groups is 1. The smallest absolute Gasteiger partial charge is 0.252 e. The van der Waals surface area contributed by atoms with Crippen LogP contribution < -0.4 is 16.0 Å². The van der Waals surface area contributed by atoms with Gasteiger partial charge in [-0.05, 0) is 32.4 Å². The van der Waals surface area contributed by atoms with Crippen LogP contribution in [0.5, 0.6) is 0 Å². The fraction of sp³-hybridized carbons (Fsp3) is 0.538. The number of carbonyl (C=O) groups excluding carboxylic acids is 1. The van der Waals surface area contributed by atoms with Gasteiger partial charge in [-0.1, -0.05) is 0 Å². The summed E-state index contributed by atoms with van der Waals surface area (Å²) in [4.78, 5) is 18.3. The maximum Gasteiger partial charge on any atom is 0.252 e. The average molecular weight is 248 g/mol. The van der Waals surface area contributed by atoms with Crippen LogP contribution in [0.3, 0.4) is 0 Å². The normalized spacial score (nSPS) is 19.9. The van der Waals surface area contributed by atoms with E-state index in [1.54, 1.807) is 0 Å². The molecule has 3 N–H and O–H groups in total. The molecule has 0 aromatic carbocycles. The number of piperazine rings is 1. The van der Waals surface area contributed by atoms with Crippen LogP contribution in [0.25, 0.3) is 0 Å². The van der Waals surface area contributed by atoms with E-state index in [1.807, 2.05) is 19.9 Å². The number of aromatic nitrogens is 1. The van der Waals surface area contributed by atoms with Crippen molar-refractivity contribution in [2.75, 3.05) is 24.5 Å². The van der Waals surface area contributed by atoms with Crippen molar-refractivity contribution >= 4 is 11.7 Å². The summed E-state index contributed by atoms with van der Waals surface area (Å²) in [5.74, 6) is 0.328. The van der Waals surface area contributed by atoms with Gasteiger partial charge in [-0.3, -0.25) is 4.79 Å². The number of hydrogen-bond acceptors (Lipinski definition) is 4. The molecule has 1 aliphatic heterocycles. The van der Waals surface area contributed by atoms with Crippen LogP contribution >= 0.6 is 0 Å². The molecule has 1 aromatic heterocycles. The van der Waals surface area contributed by atoms with Crippen LogP contribution in [-0.4, -0.2) is 36.6 Å². The summed E-state index contributed by atoms with van der Waals surface area (Å²) in [6.45, 7) is 8.61. The van der Waals surface area contributed by atoms with E-state index < -0.39 is 5.91 Å². The van der Waals surface area contributed by atoms with Crippen LogP contribution in [0.2, 0.25) is 0 Å². The molecule has 1 fully saturated rings. The fourth-order valence-electron chi connectivity index (χ4n) is 2.49. The number of primary amides is 1. The van der Waals surface area contributed by atoms with Crippen LogP contribution in [-0.2, 0) is 0 Å². The van der Waals surface area contributed by atoms with Crippen molar-refractivity contribution in [1.29, 1.82) is 0 Å². The summed E-state index contributed by atoms with van der Waals surface area (Å²) in [6, 6.07) is 2.21. The number of hydrogen-bond donors (Lipinski definition) is 2. The average Bonchev–Trinajstić information content (AvgIpc) is 2.27. The van der Waals surface area contributed by atoms with Gasteiger partial charge in [0, 0.05) is 31.4 Å². The van der Waals surface area contributed by atoms with Crippen molar-refractivity contribution < 1.29 is 4.79 Å². The number of anilines is 1. The first-order valence-electron chi connectivity index (χ1n) is 6.26. The first-order valence-corrected chi connectivity index (χ1v) is 6.26. The highest BCUT2D eigenvalue weighted by molar-refractivity contribution is 5.99. The second-order valence-corrected chi connectivity index (χ2v) is 4.89. The minimum Gasteiger partial charge on any atom is -0.365 e. The Labute approximate surface area is 107 Å². The number of rotatable bonds is 2. The molecule has 1 aromatic rings. The molecule has 2 rings (SSSR count). The van der Waals surface area contributed by atoms with Crippen LogP contribution in [0.15, 0.2) is 6.07 Å². The van der Waals surface area contributed by atoms with Gasteiger partial charge < -0.3 is 16.0 Å². The highest BCUT2D eigenvalue weighted by Gasteiger charge is 2.25. The number of nitrogens with two attached hydrogens (primary N) is 1. The predicted molar refractivity (Wildman–Crippen MR) is 71.9 cm³/mol. The Morgan fingerprint density at radius 3 is 2.89 bits per heavy atom. The molecular weight excluding hydrogens is 228 g/mol. The van der Waals surface area contributed by atoms with Gasteiger partial charge >= 0.3 is 0 Å². The van der Waals surface area contributed by atoms with Crippen LogP contribution in [0.4, 0.5) is 5.82 Å². The molecule has 1 saturated heterocycles. The SMILES string of the molecule is Cc1cc(C)c(C(N)=O)c(N2CCNCC2C)n1. The first kappa shape index (κ1) is 12.8. The summed E-state index contributed by atoms with van der Waals surface area (Å²) in [6.07, 6.45) is 0. The standard InChI is InChI=1S/C13H20N4O/c1-8-6-9(2)16-13(11(8)12(14)18)17-5-4-15-7-10(17)3/h6,10,15H,4-5,7H2,1-3H3,(H2,14,18). The Morgan fingerprint density at radius 1 is 1.56 bits per heavy atom. The van der Waals surface area contributed by atoms with Gasteiger partial charge in [0.25, 0.3) is 5.91 Å². The van der Waals surface area contributed by atoms with E-state index in [0.717, 1.165) is 36.7 Å². The largest absolute Gasteiger partial charge is 0.365 e. The number of amides is 1. The van der Waals surface area contributed by atoms with Crippen molar-refractivity contribution in [1.82, 2.24) is 10.3 Å². The highest BCUT2D eigenvalue weighted by Crippen LogP contribution is 2.24. The minimum absolute atomic E-state index is 0.311. The van der Waals surface area contributed by atoms with E-state index in [4.69, 9.17) is 5.73 Å². The van der Waals surface area contributed by atoms with E-state index in [1.165, 1.54) is 0 Å². The number of nitrogens with one attached hydrogen (secondary N) is 1. The van der Waals surface area contributed by atoms with Crippen LogP contribution in [0.1, 0.15) is 28.5 Å². The lowest BCUT2D eigenvalue weighted by atomic mass is 10.1. The zero-order chi connectivity index (χ0) is 13.3. The summed E-state index contributed by atoms with van der Waals surface area (Å²) >= 11 is 0. The molecule has 1 atom stereocenters. The molecular formula is C13H20N4O. The molecule has 0 saturated carbocycles. The molecule has 0 aliphatic carbocycles. The third-order valence-corrected chi connectivity index (χ3v) is 3.35. The predicted octanol–water partition coefficient (Wildman–Crippen LogP) is 0.595. The lowest BCUT2D eigenvalue weighted by Crippen LogP contribution is -2.51. The summed E-state index contributed by atoms with van der Waals surface area (Å²) in [5.41, 5.74) is 7.86. The molecule has 98 valence electrons. The minimum atomic E-state index is -0.402. The zero-order valence-corrected chi connectivity index (χ0v) is 11.2. The molecule has 1 aliphatic rings. The van der Waals surface area contributed by atoms with E-state index in [9.17, 15) is 4.79 Å². The lowest BCUT2D eigenvalue weighted by molar-refractivity contribution is 0.0999. The second-order valence-electron chi connectivity index (χ2n) is 4.89. The Hall–Kier alpha value is -1.62. The number of aryl methyl sites for hydroxylation is 2. The number of pyridine rings is 1. The summed E-state index contributed by atoms with van der Waals surface area (Å²) in [7, 11) is 0. The van der Waals surface area contributed by atoms with Crippen molar-refractivity contribution in [2.45, 2.75) is 26.8 Å². The molecule has 18 heavy (non-hydrogen) atoms. The van der Waals surface area contributed by atoms with Gasteiger partial charge in [0.1, 0.15) is 5.82 Å². The van der Waals surface area contributed by atoms with Gasteiger partial charge in [0.2, 0.25) is 0 Å². The van der Waals surface area contributed by atoms with E-state index in [-0.39, 0.29) is 0 Å². The Kier molecular flexibility index (Phi) is 3.52. The monoisotopic (exact) mass is 248 g/mol. The molecule has 0 spiro atoms. The van der Waals surface area contributed by atoms with E-state index in [0.29, 0.717) is 11.6 Å². The van der Waals surface area contributed by atoms with E-state index >= 15 is 0 Å². The lowest BCUT2D eigenvalue weighted by Gasteiger charge is -2.36. The number of nitrogens with zero attached hydrogens (tertiary/aromatic N) is 2. The molecule has 5 nitrogen and oxygen atoms in total. The Bertz CT molecular complexity index is 472. The first-order chi connectivity index (χ1) is 8.50. The Balaban J connectivity index is 2.50. The van der Waals surface area contributed by atoms with Crippen molar-refractivity contribution in [3.8, 4) is 0 Å². The fourth-order valence-corrected chi connectivity index (χ4v) is 2.49. The Morgan fingerprint density at radius 2 is 2.28 bits per heavy atom. The molecule has 5 heteroatoms. The maximum absolute atomic E-state index is 11.6. The van der Waals surface area contributed by atoms with E-state index in [2.05, 4.69) is 22.1 Å². The topological polar surface area (TPSA) is 71.2 Å². The van der Waals surface area contributed by atoms with Gasteiger partial charge in [-0.2, -0.15) is 0 Å². The quantitative estimate of drug-likeness (QED) is 0.804.